The first kappa shape index (κ1) is 17.8. The van der Waals surface area contributed by atoms with Gasteiger partial charge in [0, 0.05) is 38.3 Å². The van der Waals surface area contributed by atoms with Gasteiger partial charge in [0.2, 0.25) is 0 Å². The van der Waals surface area contributed by atoms with Gasteiger partial charge in [0.25, 0.3) is 5.91 Å². The van der Waals surface area contributed by atoms with Gasteiger partial charge in [-0.3, -0.25) is 9.69 Å². The lowest BCUT2D eigenvalue weighted by molar-refractivity contribution is 0.00524. The Bertz CT molecular complexity index is 619. The van der Waals surface area contributed by atoms with E-state index in [2.05, 4.69) is 4.90 Å². The van der Waals surface area contributed by atoms with E-state index in [9.17, 15) is 9.90 Å². The average Bonchev–Trinajstić information content (AvgIpc) is 3.05. The number of aromatic hydroxyl groups is 1. The molecule has 3 saturated heterocycles. The van der Waals surface area contributed by atoms with E-state index >= 15 is 0 Å². The van der Waals surface area contributed by atoms with Crippen molar-refractivity contribution in [3.8, 4) is 5.75 Å². The minimum absolute atomic E-state index is 0.0589. The Morgan fingerprint density at radius 3 is 2.50 bits per heavy atom. The third-order valence-corrected chi connectivity index (χ3v) is 6.08. The van der Waals surface area contributed by atoms with E-state index in [0.29, 0.717) is 11.7 Å². The molecule has 1 spiro atoms. The van der Waals surface area contributed by atoms with Crippen LogP contribution in [-0.2, 0) is 9.47 Å². The largest absolute Gasteiger partial charge is 0.508 e. The minimum Gasteiger partial charge on any atom is -0.508 e. The van der Waals surface area contributed by atoms with Crippen LogP contribution in [0.2, 0.25) is 0 Å². The zero-order valence-corrected chi connectivity index (χ0v) is 15.2. The van der Waals surface area contributed by atoms with Crippen LogP contribution in [0.15, 0.2) is 24.3 Å². The zero-order chi connectivity index (χ0) is 18.0. The summed E-state index contributed by atoms with van der Waals surface area (Å²) in [5.41, 5.74) is 0.884. The SMILES string of the molecule is O=C(c1ccc(O)cc1)N1CCC2(CC1)CO[C@H](CN1CCOCC1)C2. The van der Waals surface area contributed by atoms with Crippen molar-refractivity contribution in [3.63, 3.8) is 0 Å². The maximum atomic E-state index is 12.6. The van der Waals surface area contributed by atoms with Crippen molar-refractivity contribution >= 4 is 5.91 Å². The molecule has 0 saturated carbocycles. The number of hydrogen-bond donors (Lipinski definition) is 1. The molecule has 3 aliphatic heterocycles. The maximum Gasteiger partial charge on any atom is 0.253 e. The summed E-state index contributed by atoms with van der Waals surface area (Å²) in [5, 5.41) is 9.38. The highest BCUT2D eigenvalue weighted by atomic mass is 16.5. The number of likely N-dealkylation sites (tertiary alicyclic amines) is 1. The van der Waals surface area contributed by atoms with Crippen LogP contribution in [0.4, 0.5) is 0 Å². The smallest absolute Gasteiger partial charge is 0.253 e. The molecule has 0 radical (unpaired) electrons. The summed E-state index contributed by atoms with van der Waals surface area (Å²) in [6.07, 6.45) is 3.44. The first-order valence-electron chi connectivity index (χ1n) is 9.64. The van der Waals surface area contributed by atoms with Gasteiger partial charge in [-0.2, -0.15) is 0 Å². The van der Waals surface area contributed by atoms with E-state index in [-0.39, 0.29) is 17.1 Å². The molecule has 1 atom stereocenters. The van der Waals surface area contributed by atoms with Crippen molar-refractivity contribution in [2.45, 2.75) is 25.4 Å². The number of piperidine rings is 1. The average molecular weight is 360 g/mol. The number of rotatable bonds is 3. The molecule has 1 aromatic carbocycles. The molecule has 142 valence electrons. The van der Waals surface area contributed by atoms with Crippen molar-refractivity contribution in [2.24, 2.45) is 5.41 Å². The van der Waals surface area contributed by atoms with Gasteiger partial charge in [-0.1, -0.05) is 0 Å². The molecule has 3 aliphatic rings. The Morgan fingerprint density at radius 2 is 1.81 bits per heavy atom. The second-order valence-electron chi connectivity index (χ2n) is 7.89. The highest BCUT2D eigenvalue weighted by Crippen LogP contribution is 2.42. The van der Waals surface area contributed by atoms with Crippen LogP contribution < -0.4 is 0 Å². The lowest BCUT2D eigenvalue weighted by atomic mass is 9.76. The van der Waals surface area contributed by atoms with E-state index in [1.807, 2.05) is 4.90 Å². The van der Waals surface area contributed by atoms with Gasteiger partial charge < -0.3 is 19.5 Å². The van der Waals surface area contributed by atoms with Crippen LogP contribution >= 0.6 is 0 Å². The Kier molecular flexibility index (Phi) is 5.16. The van der Waals surface area contributed by atoms with E-state index in [1.165, 1.54) is 0 Å². The number of phenolic OH excluding ortho intramolecular Hbond substituents is 1. The second kappa shape index (κ2) is 7.55. The highest BCUT2D eigenvalue weighted by molar-refractivity contribution is 5.94. The monoisotopic (exact) mass is 360 g/mol. The minimum atomic E-state index is 0.0589. The number of nitrogens with zero attached hydrogens (tertiary/aromatic N) is 2. The lowest BCUT2D eigenvalue weighted by Gasteiger charge is -2.38. The van der Waals surface area contributed by atoms with E-state index < -0.39 is 0 Å². The van der Waals surface area contributed by atoms with Crippen LogP contribution in [0, 0.1) is 5.41 Å². The molecular formula is C20H28N2O4. The fourth-order valence-electron chi connectivity index (χ4n) is 4.40. The molecule has 3 heterocycles. The summed E-state index contributed by atoms with van der Waals surface area (Å²) in [7, 11) is 0. The fourth-order valence-corrected chi connectivity index (χ4v) is 4.40. The van der Waals surface area contributed by atoms with Gasteiger partial charge in [0.15, 0.2) is 0 Å². The molecule has 0 bridgehead atoms. The number of benzene rings is 1. The van der Waals surface area contributed by atoms with Gasteiger partial charge >= 0.3 is 0 Å². The Labute approximate surface area is 154 Å². The predicted molar refractivity (Wildman–Crippen MR) is 97.3 cm³/mol. The van der Waals surface area contributed by atoms with Gasteiger partial charge in [-0.05, 0) is 48.9 Å². The van der Waals surface area contributed by atoms with Crippen LogP contribution in [0.3, 0.4) is 0 Å². The third kappa shape index (κ3) is 3.87. The highest BCUT2D eigenvalue weighted by Gasteiger charge is 2.43. The molecule has 6 heteroatoms. The first-order chi connectivity index (χ1) is 12.6. The van der Waals surface area contributed by atoms with E-state index in [1.54, 1.807) is 24.3 Å². The first-order valence-corrected chi connectivity index (χ1v) is 9.64. The Hall–Kier alpha value is -1.63. The lowest BCUT2D eigenvalue weighted by Crippen LogP contribution is -2.44. The predicted octanol–water partition coefficient (Wildman–Crippen LogP) is 1.74. The molecule has 3 fully saturated rings. The number of amides is 1. The molecule has 6 nitrogen and oxygen atoms in total. The summed E-state index contributed by atoms with van der Waals surface area (Å²) < 4.78 is 11.5. The normalized spacial score (nSPS) is 26.3. The molecule has 26 heavy (non-hydrogen) atoms. The fraction of sp³-hybridized carbons (Fsp3) is 0.650. The summed E-state index contributed by atoms with van der Waals surface area (Å²) in [6, 6.07) is 6.53. The molecule has 0 aliphatic carbocycles. The topological polar surface area (TPSA) is 62.2 Å². The van der Waals surface area contributed by atoms with Crippen molar-refractivity contribution in [1.82, 2.24) is 9.80 Å². The summed E-state index contributed by atoms with van der Waals surface area (Å²) in [4.78, 5) is 17.0. The van der Waals surface area contributed by atoms with E-state index in [4.69, 9.17) is 9.47 Å². The van der Waals surface area contributed by atoms with Crippen molar-refractivity contribution < 1.29 is 19.4 Å². The molecule has 0 unspecified atom stereocenters. The molecule has 0 aromatic heterocycles. The van der Waals surface area contributed by atoms with Gasteiger partial charge in [0.05, 0.1) is 25.9 Å². The Morgan fingerprint density at radius 1 is 1.12 bits per heavy atom. The number of carbonyl (C=O) groups excluding carboxylic acids is 1. The standard InChI is InChI=1S/C20H28N2O4/c23-17-3-1-16(2-4-17)19(24)22-7-5-20(6-8-22)13-18(26-15-20)14-21-9-11-25-12-10-21/h1-4,18,23H,5-15H2/t18-/m0/s1. The number of phenols is 1. The molecular weight excluding hydrogens is 332 g/mol. The van der Waals surface area contributed by atoms with Crippen LogP contribution in [0.1, 0.15) is 29.6 Å². The van der Waals surface area contributed by atoms with Crippen LogP contribution in [0.5, 0.6) is 5.75 Å². The van der Waals surface area contributed by atoms with Crippen molar-refractivity contribution in [1.29, 1.82) is 0 Å². The third-order valence-electron chi connectivity index (χ3n) is 6.08. The number of hydrogen-bond acceptors (Lipinski definition) is 5. The second-order valence-corrected chi connectivity index (χ2v) is 7.89. The molecule has 1 aromatic rings. The number of morpholine rings is 1. The number of carbonyl (C=O) groups is 1. The van der Waals surface area contributed by atoms with Crippen LogP contribution in [0.25, 0.3) is 0 Å². The van der Waals surface area contributed by atoms with Gasteiger partial charge in [0.1, 0.15) is 5.75 Å². The molecule has 1 N–H and O–H groups in total. The summed E-state index contributed by atoms with van der Waals surface area (Å²) in [5.74, 6) is 0.247. The van der Waals surface area contributed by atoms with Crippen molar-refractivity contribution in [3.05, 3.63) is 29.8 Å². The van der Waals surface area contributed by atoms with E-state index in [0.717, 1.165) is 71.8 Å². The van der Waals surface area contributed by atoms with Gasteiger partial charge in [-0.15, -0.1) is 0 Å². The summed E-state index contributed by atoms with van der Waals surface area (Å²) >= 11 is 0. The van der Waals surface area contributed by atoms with Crippen molar-refractivity contribution in [2.75, 3.05) is 52.5 Å². The Balaban J connectivity index is 1.29. The molecule has 1 amide bonds. The molecule has 4 rings (SSSR count). The maximum absolute atomic E-state index is 12.6. The quantitative estimate of drug-likeness (QED) is 0.890. The zero-order valence-electron chi connectivity index (χ0n) is 15.2. The number of ether oxygens (including phenoxy) is 2. The summed E-state index contributed by atoms with van der Waals surface area (Å²) in [6.45, 7) is 7.05. The van der Waals surface area contributed by atoms with Gasteiger partial charge in [-0.25, -0.2) is 0 Å². The van der Waals surface area contributed by atoms with Crippen LogP contribution in [-0.4, -0.2) is 79.5 Å².